The predicted octanol–water partition coefficient (Wildman–Crippen LogP) is 2.05. The Morgan fingerprint density at radius 2 is 1.56 bits per heavy atom. The lowest BCUT2D eigenvalue weighted by molar-refractivity contribution is 0.0105. The van der Waals surface area contributed by atoms with Crippen molar-refractivity contribution in [3.8, 4) is 0 Å². The van der Waals surface area contributed by atoms with Crippen LogP contribution in [-0.4, -0.2) is 84.3 Å². The van der Waals surface area contributed by atoms with E-state index < -0.39 is 10.0 Å². The molecule has 3 aliphatic heterocycles. The van der Waals surface area contributed by atoms with Crippen molar-refractivity contribution in [1.82, 2.24) is 24.2 Å². The Morgan fingerprint density at radius 3 is 2.22 bits per heavy atom. The van der Waals surface area contributed by atoms with E-state index >= 15 is 0 Å². The molecule has 0 radical (unpaired) electrons. The largest absolute Gasteiger partial charge is 0.378 e. The van der Waals surface area contributed by atoms with Crippen LogP contribution in [0.3, 0.4) is 0 Å². The number of piperidine rings is 2. The number of hydrogen-bond donors (Lipinski definition) is 0. The summed E-state index contributed by atoms with van der Waals surface area (Å²) in [5.74, 6) is 2.18. The first kappa shape index (κ1) is 25.3. The van der Waals surface area contributed by atoms with E-state index in [1.54, 1.807) is 6.20 Å². The molecule has 3 aliphatic rings. The lowest BCUT2D eigenvalue weighted by atomic mass is 9.97. The van der Waals surface area contributed by atoms with Gasteiger partial charge < -0.3 is 14.5 Å². The number of nitrogens with zero attached hydrogens (tertiary/aromatic N) is 7. The van der Waals surface area contributed by atoms with Crippen LogP contribution < -0.4 is 9.80 Å². The van der Waals surface area contributed by atoms with E-state index in [1.807, 2.05) is 12.4 Å². The van der Waals surface area contributed by atoms with Crippen LogP contribution in [0.25, 0.3) is 0 Å². The van der Waals surface area contributed by atoms with Crippen LogP contribution in [0.4, 0.5) is 11.9 Å². The second-order valence-corrected chi connectivity index (χ2v) is 12.2. The van der Waals surface area contributed by atoms with Gasteiger partial charge in [0.25, 0.3) is 0 Å². The summed E-state index contributed by atoms with van der Waals surface area (Å²) in [7, 11) is -3.19. The molecule has 0 atom stereocenters. The molecule has 5 heterocycles. The van der Waals surface area contributed by atoms with Crippen molar-refractivity contribution in [3.63, 3.8) is 0 Å². The van der Waals surface area contributed by atoms with Gasteiger partial charge in [-0.3, -0.25) is 0 Å². The summed E-state index contributed by atoms with van der Waals surface area (Å²) in [6, 6.07) is 0. The lowest BCUT2D eigenvalue weighted by Crippen LogP contribution is -2.40. The molecule has 0 amide bonds. The van der Waals surface area contributed by atoms with Crippen molar-refractivity contribution < 1.29 is 13.2 Å². The highest BCUT2D eigenvalue weighted by atomic mass is 32.2. The Morgan fingerprint density at radius 1 is 0.917 bits per heavy atom. The van der Waals surface area contributed by atoms with Crippen molar-refractivity contribution in [3.05, 3.63) is 35.4 Å². The molecule has 0 spiro atoms. The van der Waals surface area contributed by atoms with Gasteiger partial charge in [0, 0.05) is 76.5 Å². The van der Waals surface area contributed by atoms with E-state index in [9.17, 15) is 8.42 Å². The molecular weight excluding hydrogens is 478 g/mol. The number of hydrogen-bond acceptors (Lipinski definition) is 9. The molecule has 196 valence electrons. The number of rotatable bonds is 7. The summed E-state index contributed by atoms with van der Waals surface area (Å²) in [5, 5.41) is 0. The SMILES string of the molecule is CCc1cnc(N2CCC(COC3CCN(c4ncc5c(n4)CCN(S(C)(=O)=O)C5)CC3)CC2)nc1. The molecule has 0 N–H and O–H groups in total. The monoisotopic (exact) mass is 515 g/mol. The first-order chi connectivity index (χ1) is 17.4. The van der Waals surface area contributed by atoms with Crippen LogP contribution in [0, 0.1) is 5.92 Å². The van der Waals surface area contributed by atoms with Gasteiger partial charge in [-0.1, -0.05) is 6.92 Å². The fourth-order valence-corrected chi connectivity index (χ4v) is 6.00. The fraction of sp³-hybridized carbons (Fsp3) is 0.680. The zero-order valence-electron chi connectivity index (χ0n) is 21.3. The van der Waals surface area contributed by atoms with Gasteiger partial charge in [-0.05, 0) is 43.6 Å². The minimum atomic E-state index is -3.19. The molecular formula is C25H37N7O3S. The third kappa shape index (κ3) is 5.95. The first-order valence-electron chi connectivity index (χ1n) is 13.1. The van der Waals surface area contributed by atoms with Gasteiger partial charge in [0.2, 0.25) is 21.9 Å². The summed E-state index contributed by atoms with van der Waals surface area (Å²) >= 11 is 0. The second kappa shape index (κ2) is 10.9. The van der Waals surface area contributed by atoms with Crippen LogP contribution in [0.1, 0.15) is 49.4 Å². The normalized spacial score (nSPS) is 20.5. The summed E-state index contributed by atoms with van der Waals surface area (Å²) in [5.41, 5.74) is 3.05. The minimum absolute atomic E-state index is 0.283. The van der Waals surface area contributed by atoms with E-state index in [0.717, 1.165) is 88.0 Å². The zero-order valence-corrected chi connectivity index (χ0v) is 22.2. The highest BCUT2D eigenvalue weighted by Crippen LogP contribution is 2.25. The molecule has 2 aromatic heterocycles. The van der Waals surface area contributed by atoms with Crippen LogP contribution in [0.2, 0.25) is 0 Å². The van der Waals surface area contributed by atoms with Crippen molar-refractivity contribution in [2.45, 2.75) is 58.1 Å². The van der Waals surface area contributed by atoms with Gasteiger partial charge in [-0.2, -0.15) is 4.31 Å². The van der Waals surface area contributed by atoms with E-state index in [-0.39, 0.29) is 6.10 Å². The van der Waals surface area contributed by atoms with E-state index in [4.69, 9.17) is 9.72 Å². The van der Waals surface area contributed by atoms with E-state index in [2.05, 4.69) is 31.7 Å². The average Bonchev–Trinajstić information content (AvgIpc) is 2.91. The Kier molecular flexibility index (Phi) is 7.68. The molecule has 2 fully saturated rings. The molecule has 36 heavy (non-hydrogen) atoms. The number of anilines is 2. The highest BCUT2D eigenvalue weighted by Gasteiger charge is 2.28. The molecule has 2 saturated heterocycles. The maximum atomic E-state index is 11.8. The van der Waals surface area contributed by atoms with Crippen LogP contribution in [0.15, 0.2) is 18.6 Å². The van der Waals surface area contributed by atoms with Crippen LogP contribution in [0.5, 0.6) is 0 Å². The van der Waals surface area contributed by atoms with E-state index in [1.165, 1.54) is 16.1 Å². The zero-order chi connectivity index (χ0) is 25.1. The Balaban J connectivity index is 1.05. The quantitative estimate of drug-likeness (QED) is 0.548. The smallest absolute Gasteiger partial charge is 0.225 e. The summed E-state index contributed by atoms with van der Waals surface area (Å²) in [6.45, 7) is 7.50. The minimum Gasteiger partial charge on any atom is -0.378 e. The number of ether oxygens (including phenoxy) is 1. The van der Waals surface area contributed by atoms with Crippen molar-refractivity contribution in [2.24, 2.45) is 5.92 Å². The Labute approximate surface area is 214 Å². The molecule has 0 aromatic carbocycles. The standard InChI is InChI=1S/C25H37N7O3S/c1-3-19-14-26-24(27-15-19)30-9-4-20(5-10-30)18-35-22-6-11-31(12-7-22)25-28-16-21-17-32(36(2,33)34)13-8-23(21)29-25/h14-16,20,22H,3-13,17-18H2,1-2H3. The topological polar surface area (TPSA) is 105 Å². The molecule has 0 saturated carbocycles. The molecule has 2 aromatic rings. The van der Waals surface area contributed by atoms with Crippen molar-refractivity contribution >= 4 is 21.9 Å². The molecule has 0 unspecified atom stereocenters. The van der Waals surface area contributed by atoms with Crippen LogP contribution >= 0.6 is 0 Å². The fourth-order valence-electron chi connectivity index (χ4n) is 5.20. The third-order valence-electron chi connectivity index (χ3n) is 7.64. The number of aryl methyl sites for hydroxylation is 1. The van der Waals surface area contributed by atoms with Gasteiger partial charge in [0.1, 0.15) is 0 Å². The van der Waals surface area contributed by atoms with Gasteiger partial charge >= 0.3 is 0 Å². The van der Waals surface area contributed by atoms with Gasteiger partial charge in [0.05, 0.1) is 18.1 Å². The van der Waals surface area contributed by atoms with Gasteiger partial charge in [0.15, 0.2) is 0 Å². The molecule has 10 nitrogen and oxygen atoms in total. The maximum Gasteiger partial charge on any atom is 0.225 e. The molecule has 0 aliphatic carbocycles. The van der Waals surface area contributed by atoms with E-state index in [0.29, 0.717) is 25.4 Å². The highest BCUT2D eigenvalue weighted by molar-refractivity contribution is 7.88. The average molecular weight is 516 g/mol. The summed E-state index contributed by atoms with van der Waals surface area (Å²) in [6.07, 6.45) is 13.0. The third-order valence-corrected chi connectivity index (χ3v) is 8.89. The maximum absolute atomic E-state index is 11.8. The van der Waals surface area contributed by atoms with Gasteiger partial charge in [-0.15, -0.1) is 0 Å². The van der Waals surface area contributed by atoms with Gasteiger partial charge in [-0.25, -0.2) is 28.4 Å². The molecule has 11 heteroatoms. The first-order valence-corrected chi connectivity index (χ1v) is 15.0. The van der Waals surface area contributed by atoms with Crippen molar-refractivity contribution in [2.75, 3.05) is 55.4 Å². The second-order valence-electron chi connectivity index (χ2n) is 10.2. The summed E-state index contributed by atoms with van der Waals surface area (Å²) < 4.78 is 31.5. The Hall–Kier alpha value is -2.37. The predicted molar refractivity (Wildman–Crippen MR) is 139 cm³/mol. The molecule has 5 rings (SSSR count). The van der Waals surface area contributed by atoms with Crippen LogP contribution in [-0.2, 0) is 34.1 Å². The molecule has 0 bridgehead atoms. The number of sulfonamides is 1. The lowest BCUT2D eigenvalue weighted by Gasteiger charge is -2.35. The number of aromatic nitrogens is 4. The Bertz CT molecular complexity index is 1130. The van der Waals surface area contributed by atoms with Crippen molar-refractivity contribution in [1.29, 1.82) is 0 Å². The summed E-state index contributed by atoms with van der Waals surface area (Å²) in [4.78, 5) is 22.9. The number of fused-ring (bicyclic) bond motifs is 1.